The molecule has 0 heterocycles. The van der Waals surface area contributed by atoms with Gasteiger partial charge in [0.15, 0.2) is 0 Å². The molecule has 0 fully saturated rings. The van der Waals surface area contributed by atoms with Crippen LogP contribution in [0.3, 0.4) is 0 Å². The number of rotatable bonds is 5. The number of hydrogen-bond acceptors (Lipinski definition) is 0. The van der Waals surface area contributed by atoms with Gasteiger partial charge in [-0.1, -0.05) is 0 Å². The number of fused-ring (bicyclic) bond motifs is 2. The average molecular weight is 544 g/mol. The summed E-state index contributed by atoms with van der Waals surface area (Å²) in [7, 11) is -0.546. The summed E-state index contributed by atoms with van der Waals surface area (Å²) in [6.45, 7) is 0. The molecule has 0 saturated carbocycles. The van der Waals surface area contributed by atoms with Gasteiger partial charge in [-0.05, 0) is 0 Å². The average Bonchev–Trinajstić information content (AvgIpc) is 3.43. The van der Waals surface area contributed by atoms with E-state index in [1.807, 2.05) is 0 Å². The molecule has 4 aromatic carbocycles. The maximum Gasteiger partial charge on any atom is -1.00 e. The molecule has 0 saturated heterocycles. The Morgan fingerprint density at radius 2 is 1.09 bits per heavy atom. The summed E-state index contributed by atoms with van der Waals surface area (Å²) in [5.41, 5.74) is 5.96. The Morgan fingerprint density at radius 3 is 1.74 bits per heavy atom. The largest absolute Gasteiger partial charge is 1.00 e. The van der Waals surface area contributed by atoms with E-state index >= 15 is 0 Å². The summed E-state index contributed by atoms with van der Waals surface area (Å²) >= 11 is -0.853. The Bertz CT molecular complexity index is 1280. The quantitative estimate of drug-likeness (QED) is 0.331. The molecule has 2 atom stereocenters. The van der Waals surface area contributed by atoms with Gasteiger partial charge in [-0.2, -0.15) is 0 Å². The first-order chi connectivity index (χ1) is 15.9. The minimum Gasteiger partial charge on any atom is -1.00 e. The molecule has 0 N–H and O–H groups in total. The van der Waals surface area contributed by atoms with Gasteiger partial charge in [0.25, 0.3) is 0 Å². The topological polar surface area (TPSA) is 0 Å². The normalized spacial score (nSPS) is 17.1. The molecule has 166 valence electrons. The van der Waals surface area contributed by atoms with Crippen molar-refractivity contribution in [2.24, 2.45) is 0 Å². The van der Waals surface area contributed by atoms with E-state index < -0.39 is 31.2 Å². The molecule has 2 unspecified atom stereocenters. The van der Waals surface area contributed by atoms with Crippen LogP contribution in [-0.4, -0.2) is 0 Å². The molecule has 2 aliphatic rings. The van der Waals surface area contributed by atoms with E-state index in [-0.39, 0.29) is 9.41 Å². The molecule has 4 heteroatoms. The first-order valence-corrected chi connectivity index (χ1v) is 15.3. The maximum atomic E-state index is 2.54. The van der Waals surface area contributed by atoms with Gasteiger partial charge in [-0.15, -0.1) is 0 Å². The number of benzene rings is 4. The third kappa shape index (κ3) is 4.57. The molecule has 4 aromatic rings. The number of allylic oxidation sites excluding steroid dienone is 2. The summed E-state index contributed by atoms with van der Waals surface area (Å²) in [6, 6.07) is 40.5. The minimum atomic E-state index is -0.853. The van der Waals surface area contributed by atoms with Crippen molar-refractivity contribution in [3.8, 4) is 0 Å². The van der Waals surface area contributed by atoms with Gasteiger partial charge in [0.1, 0.15) is 0 Å². The van der Waals surface area contributed by atoms with Crippen LogP contribution in [0.4, 0.5) is 0 Å². The van der Waals surface area contributed by atoms with Crippen LogP contribution >= 0.6 is 7.92 Å². The van der Waals surface area contributed by atoms with Gasteiger partial charge in [-0.25, -0.2) is 0 Å². The second-order valence-corrected chi connectivity index (χ2v) is 14.3. The summed E-state index contributed by atoms with van der Waals surface area (Å²) in [4.78, 5) is 0. The monoisotopic (exact) mass is 542 g/mol. The molecule has 0 amide bonds. The first kappa shape index (κ1) is 24.7. The van der Waals surface area contributed by atoms with Crippen LogP contribution in [0.15, 0.2) is 121 Å². The van der Waals surface area contributed by atoms with Crippen LogP contribution in [-0.2, 0) is 23.2 Å². The summed E-state index contributed by atoms with van der Waals surface area (Å²) < 4.78 is 1.24. The first-order valence-electron chi connectivity index (χ1n) is 11.1. The van der Waals surface area contributed by atoms with Crippen LogP contribution in [0.1, 0.15) is 29.5 Å². The van der Waals surface area contributed by atoms with Crippen molar-refractivity contribution in [3.63, 3.8) is 0 Å². The third-order valence-electron chi connectivity index (χ3n) is 6.34. The zero-order valence-electron chi connectivity index (χ0n) is 18.5. The second-order valence-electron chi connectivity index (χ2n) is 8.27. The molecular weight excluding hydrogens is 521 g/mol. The van der Waals surface area contributed by atoms with Crippen LogP contribution in [0.25, 0.3) is 12.2 Å². The van der Waals surface area contributed by atoms with E-state index in [1.54, 1.807) is 16.4 Å². The van der Waals surface area contributed by atoms with E-state index in [0.29, 0.717) is 7.25 Å². The minimum absolute atomic E-state index is 0. The second kappa shape index (κ2) is 10.9. The fourth-order valence-electron chi connectivity index (χ4n) is 4.85. The number of hydrogen-bond donors (Lipinski definition) is 0. The molecule has 34 heavy (non-hydrogen) atoms. The smallest absolute Gasteiger partial charge is 1.00 e. The molecule has 0 bridgehead atoms. The van der Waals surface area contributed by atoms with Crippen molar-refractivity contribution in [3.05, 3.63) is 143 Å². The standard InChI is InChI=1S/C21H16P.C9H7.2FH.Zr/c1-3-11-19(12-4-1)22(20-13-5-2-6-14-20)21-15-17-9-7-8-10-18(17)16-21;1-2-5-9-7-3-6-8(9)4-1;;;/h1-16H;1-7H;2*1H;/q;;;;+2/p-2. The molecule has 0 aliphatic heterocycles. The van der Waals surface area contributed by atoms with Crippen molar-refractivity contribution in [2.75, 3.05) is 0 Å². The Hall–Kier alpha value is -2.47. The molecule has 0 spiro atoms. The van der Waals surface area contributed by atoms with Crippen LogP contribution in [0.5, 0.6) is 0 Å². The van der Waals surface area contributed by atoms with Gasteiger partial charge >= 0.3 is 204 Å². The third-order valence-corrected chi connectivity index (χ3v) is 13.9. The molecule has 0 aromatic heterocycles. The van der Waals surface area contributed by atoms with Crippen molar-refractivity contribution < 1.29 is 32.6 Å². The summed E-state index contributed by atoms with van der Waals surface area (Å²) in [5.74, 6) is 0. The van der Waals surface area contributed by atoms with E-state index in [4.69, 9.17) is 0 Å². The Kier molecular flexibility index (Phi) is 7.87. The molecule has 0 nitrogen and oxygen atoms in total. The number of halogens is 2. The fraction of sp³-hybridized carbons (Fsp3) is 0.0667. The summed E-state index contributed by atoms with van der Waals surface area (Å²) in [6.07, 6.45) is 7.38. The summed E-state index contributed by atoms with van der Waals surface area (Å²) in [5, 5.41) is 4.57. The van der Waals surface area contributed by atoms with Gasteiger partial charge in [0, 0.05) is 0 Å². The predicted molar refractivity (Wildman–Crippen MR) is 134 cm³/mol. The SMILES string of the molecule is C1=C[CH]([Zr+2][CH]2C(P(c3ccccc3)c3ccccc3)=Cc3ccccc32)c2ccccc21.[F-].[F-]. The van der Waals surface area contributed by atoms with E-state index in [2.05, 4.69) is 127 Å². The van der Waals surface area contributed by atoms with E-state index in [1.165, 1.54) is 21.7 Å². The van der Waals surface area contributed by atoms with Crippen molar-refractivity contribution >= 4 is 30.7 Å². The molecule has 6 rings (SSSR count). The zero-order valence-corrected chi connectivity index (χ0v) is 21.8. The van der Waals surface area contributed by atoms with E-state index in [9.17, 15) is 0 Å². The van der Waals surface area contributed by atoms with Crippen LogP contribution in [0, 0.1) is 0 Å². The molecule has 0 radical (unpaired) electrons. The van der Waals surface area contributed by atoms with Crippen molar-refractivity contribution in [1.82, 2.24) is 0 Å². The van der Waals surface area contributed by atoms with Crippen LogP contribution < -0.4 is 20.0 Å². The van der Waals surface area contributed by atoms with Gasteiger partial charge in [0.2, 0.25) is 0 Å². The predicted octanol–water partition coefficient (Wildman–Crippen LogP) is 1.07. The van der Waals surface area contributed by atoms with Gasteiger partial charge in [0.05, 0.1) is 0 Å². The van der Waals surface area contributed by atoms with E-state index in [0.717, 1.165) is 0 Å². The van der Waals surface area contributed by atoms with Gasteiger partial charge in [-0.3, -0.25) is 0 Å². The maximum absolute atomic E-state index is 2.54. The zero-order chi connectivity index (χ0) is 21.3. The molecule has 2 aliphatic carbocycles. The Morgan fingerprint density at radius 1 is 0.559 bits per heavy atom. The Labute approximate surface area is 212 Å². The fourth-order valence-corrected chi connectivity index (χ4v) is 12.9. The van der Waals surface area contributed by atoms with Crippen molar-refractivity contribution in [2.45, 2.75) is 7.25 Å². The van der Waals surface area contributed by atoms with Crippen molar-refractivity contribution in [1.29, 1.82) is 0 Å². The molecular formula is C30H23F2PZr. The van der Waals surface area contributed by atoms with Crippen LogP contribution in [0.2, 0.25) is 0 Å². The Balaban J connectivity index is 0.00000137. The van der Waals surface area contributed by atoms with Gasteiger partial charge < -0.3 is 9.41 Å².